The molecule has 2 N–H and O–H groups in total. The number of amides is 3. The highest BCUT2D eigenvalue weighted by Gasteiger charge is 2.21. The van der Waals surface area contributed by atoms with Crippen LogP contribution in [0.4, 0.5) is 4.79 Å². The van der Waals surface area contributed by atoms with Gasteiger partial charge in [-0.2, -0.15) is 0 Å². The van der Waals surface area contributed by atoms with E-state index in [0.29, 0.717) is 15.6 Å². The Morgan fingerprint density at radius 1 is 1.16 bits per heavy atom. The minimum absolute atomic E-state index is 0.356. The van der Waals surface area contributed by atoms with E-state index in [2.05, 4.69) is 10.6 Å². The zero-order valence-corrected chi connectivity index (χ0v) is 15.9. The zero-order chi connectivity index (χ0) is 19.2. The molecule has 0 bridgehead atoms. The summed E-state index contributed by atoms with van der Waals surface area (Å²) in [5.74, 6) is -1.46. The molecule has 0 saturated heterocycles. The quantitative estimate of drug-likeness (QED) is 0.611. The summed E-state index contributed by atoms with van der Waals surface area (Å²) in [5.41, 5.74) is 0.153. The first-order valence-electron chi connectivity index (χ1n) is 7.44. The van der Waals surface area contributed by atoms with Gasteiger partial charge in [0.05, 0.1) is 10.0 Å². The van der Waals surface area contributed by atoms with E-state index in [1.807, 2.05) is 0 Å². The van der Waals surface area contributed by atoms with Gasteiger partial charge in [-0.15, -0.1) is 0 Å². The number of carbonyl (C=O) groups excluding carboxylic acids is 3. The number of halogens is 2. The van der Waals surface area contributed by atoms with Gasteiger partial charge in [-0.3, -0.25) is 10.1 Å². The Morgan fingerprint density at radius 3 is 2.36 bits per heavy atom. The predicted molar refractivity (Wildman–Crippen MR) is 97.5 cm³/mol. The molecule has 0 aliphatic carbocycles. The standard InChI is InChI=1S/C17H20Cl2N2O4/c1-10(15(23)20-16(24)21-17(2,3)4)25-14(22)8-6-11-5-7-12(18)13(19)9-11/h5-10H,1-4H3,(H2,20,21,23,24)/b8-6+/t10-/m0/s1. The normalized spacial score (nSPS) is 12.6. The first kappa shape index (κ1) is 21.0. The lowest BCUT2D eigenvalue weighted by Gasteiger charge is -2.21. The highest BCUT2D eigenvalue weighted by atomic mass is 35.5. The Labute approximate surface area is 156 Å². The molecule has 1 aromatic rings. The van der Waals surface area contributed by atoms with Gasteiger partial charge in [-0.25, -0.2) is 9.59 Å². The largest absolute Gasteiger partial charge is 0.449 e. The second-order valence-corrected chi connectivity index (χ2v) is 7.09. The van der Waals surface area contributed by atoms with E-state index in [1.165, 1.54) is 13.0 Å². The number of imide groups is 1. The molecule has 0 heterocycles. The third-order valence-corrected chi connectivity index (χ3v) is 3.48. The maximum absolute atomic E-state index is 11.8. The number of urea groups is 1. The molecule has 0 spiro atoms. The molecule has 0 unspecified atom stereocenters. The first-order chi connectivity index (χ1) is 11.5. The Kier molecular flexibility index (Phi) is 7.45. The topological polar surface area (TPSA) is 84.5 Å². The van der Waals surface area contributed by atoms with Crippen LogP contribution in [0.3, 0.4) is 0 Å². The molecule has 3 amide bonds. The van der Waals surface area contributed by atoms with Gasteiger partial charge in [0.15, 0.2) is 6.10 Å². The van der Waals surface area contributed by atoms with E-state index < -0.39 is 29.6 Å². The molecule has 136 valence electrons. The molecule has 0 fully saturated rings. The van der Waals surface area contributed by atoms with Crippen molar-refractivity contribution in [3.63, 3.8) is 0 Å². The summed E-state index contributed by atoms with van der Waals surface area (Å²) >= 11 is 11.7. The third kappa shape index (κ3) is 8.05. The molecule has 0 aromatic heterocycles. The van der Waals surface area contributed by atoms with Crippen LogP contribution in [0.15, 0.2) is 24.3 Å². The Morgan fingerprint density at radius 2 is 1.80 bits per heavy atom. The van der Waals surface area contributed by atoms with E-state index in [4.69, 9.17) is 27.9 Å². The number of ether oxygens (including phenoxy) is 1. The maximum atomic E-state index is 11.8. The average molecular weight is 387 g/mol. The monoisotopic (exact) mass is 386 g/mol. The molecule has 1 rings (SSSR count). The van der Waals surface area contributed by atoms with Crippen LogP contribution in [0.5, 0.6) is 0 Å². The van der Waals surface area contributed by atoms with Gasteiger partial charge in [0.2, 0.25) is 0 Å². The average Bonchev–Trinajstić information content (AvgIpc) is 2.46. The third-order valence-electron chi connectivity index (χ3n) is 2.74. The second kappa shape index (κ2) is 8.87. The van der Waals surface area contributed by atoms with Gasteiger partial charge in [0, 0.05) is 11.6 Å². The number of esters is 1. The van der Waals surface area contributed by atoms with Crippen molar-refractivity contribution in [3.8, 4) is 0 Å². The van der Waals surface area contributed by atoms with Crippen molar-refractivity contribution >= 4 is 47.2 Å². The molecule has 1 aromatic carbocycles. The molecule has 0 aliphatic rings. The summed E-state index contributed by atoms with van der Waals surface area (Å²) in [7, 11) is 0. The highest BCUT2D eigenvalue weighted by Crippen LogP contribution is 2.23. The van der Waals surface area contributed by atoms with Gasteiger partial charge >= 0.3 is 12.0 Å². The fourth-order valence-electron chi connectivity index (χ4n) is 1.63. The van der Waals surface area contributed by atoms with Crippen molar-refractivity contribution in [1.29, 1.82) is 0 Å². The van der Waals surface area contributed by atoms with Crippen LogP contribution in [0, 0.1) is 0 Å². The van der Waals surface area contributed by atoms with Crippen molar-refractivity contribution in [2.75, 3.05) is 0 Å². The summed E-state index contributed by atoms with van der Waals surface area (Å²) in [5, 5.41) is 5.43. The number of carbonyl (C=O) groups is 3. The second-order valence-electron chi connectivity index (χ2n) is 6.28. The van der Waals surface area contributed by atoms with Gasteiger partial charge in [-0.1, -0.05) is 29.3 Å². The molecule has 0 aliphatic heterocycles. The zero-order valence-electron chi connectivity index (χ0n) is 14.4. The number of benzene rings is 1. The summed E-state index contributed by atoms with van der Waals surface area (Å²) < 4.78 is 4.94. The molecular weight excluding hydrogens is 367 g/mol. The summed E-state index contributed by atoms with van der Waals surface area (Å²) in [6.07, 6.45) is 1.50. The molecule has 8 heteroatoms. The smallest absolute Gasteiger partial charge is 0.331 e. The van der Waals surface area contributed by atoms with Crippen molar-refractivity contribution in [3.05, 3.63) is 39.9 Å². The summed E-state index contributed by atoms with van der Waals surface area (Å²) in [6, 6.07) is 4.19. The van der Waals surface area contributed by atoms with E-state index in [9.17, 15) is 14.4 Å². The van der Waals surface area contributed by atoms with E-state index in [0.717, 1.165) is 6.08 Å². The Hall–Kier alpha value is -2.05. The summed E-state index contributed by atoms with van der Waals surface area (Å²) in [4.78, 5) is 35.2. The Bertz CT molecular complexity index is 696. The van der Waals surface area contributed by atoms with Crippen LogP contribution in [-0.4, -0.2) is 29.6 Å². The molecular formula is C17H20Cl2N2O4. The van der Waals surface area contributed by atoms with E-state index in [1.54, 1.807) is 39.0 Å². The van der Waals surface area contributed by atoms with Crippen molar-refractivity contribution < 1.29 is 19.1 Å². The molecule has 6 nitrogen and oxygen atoms in total. The van der Waals surface area contributed by atoms with Gasteiger partial charge in [0.25, 0.3) is 5.91 Å². The number of nitrogens with one attached hydrogen (secondary N) is 2. The van der Waals surface area contributed by atoms with Crippen molar-refractivity contribution in [1.82, 2.24) is 10.6 Å². The maximum Gasteiger partial charge on any atom is 0.331 e. The van der Waals surface area contributed by atoms with Crippen LogP contribution in [0.1, 0.15) is 33.3 Å². The van der Waals surface area contributed by atoms with Gasteiger partial charge in [0.1, 0.15) is 0 Å². The van der Waals surface area contributed by atoms with E-state index >= 15 is 0 Å². The van der Waals surface area contributed by atoms with Gasteiger partial charge in [-0.05, 0) is 51.5 Å². The van der Waals surface area contributed by atoms with Crippen LogP contribution >= 0.6 is 23.2 Å². The molecule has 0 radical (unpaired) electrons. The lowest BCUT2D eigenvalue weighted by molar-refractivity contribution is -0.149. The lowest BCUT2D eigenvalue weighted by Crippen LogP contribution is -2.50. The van der Waals surface area contributed by atoms with Crippen LogP contribution in [0.2, 0.25) is 10.0 Å². The van der Waals surface area contributed by atoms with E-state index in [-0.39, 0.29) is 0 Å². The van der Waals surface area contributed by atoms with Crippen LogP contribution in [0.25, 0.3) is 6.08 Å². The summed E-state index contributed by atoms with van der Waals surface area (Å²) in [6.45, 7) is 6.68. The number of rotatable bonds is 4. The molecule has 1 atom stereocenters. The van der Waals surface area contributed by atoms with Gasteiger partial charge < -0.3 is 10.1 Å². The number of hydrogen-bond acceptors (Lipinski definition) is 4. The van der Waals surface area contributed by atoms with Crippen LogP contribution < -0.4 is 10.6 Å². The van der Waals surface area contributed by atoms with Crippen molar-refractivity contribution in [2.24, 2.45) is 0 Å². The minimum atomic E-state index is -1.13. The predicted octanol–water partition coefficient (Wildman–Crippen LogP) is 3.56. The molecule has 25 heavy (non-hydrogen) atoms. The lowest BCUT2D eigenvalue weighted by atomic mass is 10.1. The minimum Gasteiger partial charge on any atom is -0.449 e. The molecule has 0 saturated carbocycles. The Balaban J connectivity index is 2.55. The highest BCUT2D eigenvalue weighted by molar-refractivity contribution is 6.42. The first-order valence-corrected chi connectivity index (χ1v) is 8.20. The fourth-order valence-corrected chi connectivity index (χ4v) is 1.94. The van der Waals surface area contributed by atoms with Crippen LogP contribution in [-0.2, 0) is 14.3 Å². The number of hydrogen-bond donors (Lipinski definition) is 2. The SMILES string of the molecule is C[C@H](OC(=O)/C=C/c1ccc(Cl)c(Cl)c1)C(=O)NC(=O)NC(C)(C)C. The van der Waals surface area contributed by atoms with Crippen molar-refractivity contribution in [2.45, 2.75) is 39.3 Å². The fraction of sp³-hybridized carbons (Fsp3) is 0.353.